The van der Waals surface area contributed by atoms with Crippen LogP contribution in [0.15, 0.2) is 53.4 Å². The van der Waals surface area contributed by atoms with E-state index in [2.05, 4.69) is 15.2 Å². The predicted octanol–water partition coefficient (Wildman–Crippen LogP) is 5.37. The van der Waals surface area contributed by atoms with Gasteiger partial charge in [-0.25, -0.2) is 0 Å². The summed E-state index contributed by atoms with van der Waals surface area (Å²) in [5, 5.41) is 11.7. The highest BCUT2D eigenvalue weighted by Crippen LogP contribution is 2.36. The van der Waals surface area contributed by atoms with E-state index >= 15 is 0 Å². The van der Waals surface area contributed by atoms with Gasteiger partial charge in [0, 0.05) is 22.7 Å². The average molecular weight is 345 g/mol. The molecular formula is C17H10F3N3S. The van der Waals surface area contributed by atoms with E-state index in [9.17, 15) is 13.2 Å². The number of hydrogen-bond acceptors (Lipinski definition) is 3. The highest BCUT2D eigenvalue weighted by atomic mass is 32.1. The van der Waals surface area contributed by atoms with E-state index in [0.29, 0.717) is 17.0 Å². The molecule has 1 aromatic carbocycles. The quantitative estimate of drug-likeness (QED) is 0.530. The summed E-state index contributed by atoms with van der Waals surface area (Å²) >= 11 is 1.53. The number of aromatic nitrogens is 3. The van der Waals surface area contributed by atoms with Gasteiger partial charge in [0.15, 0.2) is 0 Å². The van der Waals surface area contributed by atoms with Crippen LogP contribution in [0.2, 0.25) is 0 Å². The smallest absolute Gasteiger partial charge is 0.277 e. The second-order valence-electron chi connectivity index (χ2n) is 5.24. The number of thiophene rings is 1. The molecule has 0 unspecified atom stereocenters. The molecule has 0 fully saturated rings. The second kappa shape index (κ2) is 5.45. The highest BCUT2D eigenvalue weighted by molar-refractivity contribution is 7.08. The topological polar surface area (TPSA) is 41.6 Å². The zero-order chi connectivity index (χ0) is 16.7. The Labute approximate surface area is 138 Å². The van der Waals surface area contributed by atoms with Crippen molar-refractivity contribution in [3.8, 4) is 22.5 Å². The molecule has 3 nitrogen and oxygen atoms in total. The fraction of sp³-hybridized carbons (Fsp3) is 0.0588. The number of aromatic amines is 1. The molecule has 0 aliphatic heterocycles. The van der Waals surface area contributed by atoms with Crippen LogP contribution in [0.25, 0.3) is 33.4 Å². The molecule has 0 aliphatic rings. The molecule has 1 N–H and O–H groups in total. The number of nitrogens with one attached hydrogen (secondary N) is 1. The number of alkyl halides is 3. The summed E-state index contributed by atoms with van der Waals surface area (Å²) in [5.74, 6) is 0. The monoisotopic (exact) mass is 345 g/mol. The number of fused-ring (bicyclic) bond motifs is 1. The van der Waals surface area contributed by atoms with Crippen LogP contribution in [0.4, 0.5) is 13.2 Å². The summed E-state index contributed by atoms with van der Waals surface area (Å²) in [6, 6.07) is 8.86. The second-order valence-corrected chi connectivity index (χ2v) is 6.02. The zero-order valence-electron chi connectivity index (χ0n) is 12.1. The summed E-state index contributed by atoms with van der Waals surface area (Å²) in [6.45, 7) is 0. The number of nitrogens with zero attached hydrogens (tertiary/aromatic N) is 2. The maximum absolute atomic E-state index is 13.0. The van der Waals surface area contributed by atoms with Crippen molar-refractivity contribution in [2.45, 2.75) is 6.18 Å². The Kier molecular flexibility index (Phi) is 3.38. The molecule has 0 bridgehead atoms. The molecule has 24 heavy (non-hydrogen) atoms. The van der Waals surface area contributed by atoms with Crippen molar-refractivity contribution in [2.75, 3.05) is 0 Å². The first kappa shape index (κ1) is 14.9. The minimum atomic E-state index is -4.39. The molecule has 0 atom stereocenters. The van der Waals surface area contributed by atoms with Crippen molar-refractivity contribution >= 4 is 22.2 Å². The number of halogens is 3. The normalized spacial score (nSPS) is 12.0. The third-order valence-electron chi connectivity index (χ3n) is 3.73. The van der Waals surface area contributed by atoms with E-state index in [1.165, 1.54) is 17.4 Å². The lowest BCUT2D eigenvalue weighted by molar-refractivity contribution is -0.137. The summed E-state index contributed by atoms with van der Waals surface area (Å²) in [4.78, 5) is 4.40. The van der Waals surface area contributed by atoms with Gasteiger partial charge >= 0.3 is 6.18 Å². The van der Waals surface area contributed by atoms with Crippen LogP contribution in [0, 0.1) is 0 Å². The first-order chi connectivity index (χ1) is 11.5. The van der Waals surface area contributed by atoms with Gasteiger partial charge in [-0.2, -0.15) is 29.6 Å². The Morgan fingerprint density at radius 3 is 2.62 bits per heavy atom. The highest BCUT2D eigenvalue weighted by Gasteiger charge is 2.30. The molecule has 0 spiro atoms. The first-order valence-electron chi connectivity index (χ1n) is 7.07. The van der Waals surface area contributed by atoms with Gasteiger partial charge in [0.1, 0.15) is 5.69 Å². The van der Waals surface area contributed by atoms with Crippen LogP contribution < -0.4 is 0 Å². The Balaban J connectivity index is 1.96. The number of benzene rings is 1. The number of H-pyrrole nitrogens is 1. The molecule has 3 heterocycles. The molecular weight excluding hydrogens is 335 g/mol. The standard InChI is InChI=1S/C17H10F3N3S/c18-17(19,20)12-3-1-2-10(8-12)16-14-13(22-23-16)4-6-21-15(14)11-5-7-24-9-11/h1-9H,(H,22,23). The maximum Gasteiger partial charge on any atom is 0.416 e. The molecule has 0 aliphatic carbocycles. The van der Waals surface area contributed by atoms with Crippen molar-refractivity contribution in [2.24, 2.45) is 0 Å². The SMILES string of the molecule is FC(F)(F)c1cccc(-c2n[nH]c3ccnc(-c4ccsc4)c23)c1. The summed E-state index contributed by atoms with van der Waals surface area (Å²) in [7, 11) is 0. The van der Waals surface area contributed by atoms with Gasteiger partial charge in [0.25, 0.3) is 0 Å². The lowest BCUT2D eigenvalue weighted by atomic mass is 10.0. The summed E-state index contributed by atoms with van der Waals surface area (Å²) < 4.78 is 39.0. The Morgan fingerprint density at radius 1 is 1.00 bits per heavy atom. The van der Waals surface area contributed by atoms with Crippen LogP contribution in [-0.4, -0.2) is 15.2 Å². The summed E-state index contributed by atoms with van der Waals surface area (Å²) in [6.07, 6.45) is -2.74. The Hall–Kier alpha value is -2.67. The lowest BCUT2D eigenvalue weighted by Crippen LogP contribution is -2.04. The van der Waals surface area contributed by atoms with Crippen molar-refractivity contribution in [1.29, 1.82) is 0 Å². The van der Waals surface area contributed by atoms with Crippen molar-refractivity contribution < 1.29 is 13.2 Å². The van der Waals surface area contributed by atoms with Gasteiger partial charge in [-0.3, -0.25) is 10.1 Å². The minimum Gasteiger partial charge on any atom is -0.277 e. The van der Waals surface area contributed by atoms with E-state index in [-0.39, 0.29) is 0 Å². The zero-order valence-corrected chi connectivity index (χ0v) is 12.9. The van der Waals surface area contributed by atoms with E-state index < -0.39 is 11.7 Å². The van der Waals surface area contributed by atoms with Gasteiger partial charge in [-0.15, -0.1) is 0 Å². The van der Waals surface area contributed by atoms with Gasteiger partial charge in [-0.05, 0) is 29.6 Å². The van der Waals surface area contributed by atoms with E-state index in [0.717, 1.165) is 28.6 Å². The molecule has 0 radical (unpaired) electrons. The van der Waals surface area contributed by atoms with Crippen molar-refractivity contribution in [3.63, 3.8) is 0 Å². The molecule has 4 rings (SSSR count). The van der Waals surface area contributed by atoms with Crippen LogP contribution >= 0.6 is 11.3 Å². The van der Waals surface area contributed by atoms with Crippen LogP contribution in [0.3, 0.4) is 0 Å². The molecule has 3 aromatic heterocycles. The van der Waals surface area contributed by atoms with Crippen LogP contribution in [0.1, 0.15) is 5.56 Å². The summed E-state index contributed by atoms with van der Waals surface area (Å²) in [5.41, 5.74) is 2.52. The lowest BCUT2D eigenvalue weighted by Gasteiger charge is -2.08. The third kappa shape index (κ3) is 2.46. The van der Waals surface area contributed by atoms with Crippen molar-refractivity contribution in [1.82, 2.24) is 15.2 Å². The Morgan fingerprint density at radius 2 is 1.88 bits per heavy atom. The van der Waals surface area contributed by atoms with Gasteiger partial charge in [0.05, 0.1) is 22.2 Å². The molecule has 0 saturated heterocycles. The Bertz CT molecular complexity index is 1000. The molecule has 7 heteroatoms. The van der Waals surface area contributed by atoms with Crippen LogP contribution in [0.5, 0.6) is 0 Å². The van der Waals surface area contributed by atoms with Gasteiger partial charge in [0.2, 0.25) is 0 Å². The molecule has 0 saturated carbocycles. The minimum absolute atomic E-state index is 0.403. The third-order valence-corrected chi connectivity index (χ3v) is 4.42. The van der Waals surface area contributed by atoms with Crippen molar-refractivity contribution in [3.05, 3.63) is 58.9 Å². The maximum atomic E-state index is 13.0. The van der Waals surface area contributed by atoms with Gasteiger partial charge in [-0.1, -0.05) is 12.1 Å². The number of hydrogen-bond donors (Lipinski definition) is 1. The fourth-order valence-electron chi connectivity index (χ4n) is 2.64. The largest absolute Gasteiger partial charge is 0.416 e. The number of pyridine rings is 1. The molecule has 4 aromatic rings. The fourth-order valence-corrected chi connectivity index (χ4v) is 3.28. The molecule has 120 valence electrons. The molecule has 0 amide bonds. The predicted molar refractivity (Wildman–Crippen MR) is 87.6 cm³/mol. The van der Waals surface area contributed by atoms with E-state index in [1.807, 2.05) is 16.8 Å². The van der Waals surface area contributed by atoms with E-state index in [4.69, 9.17) is 0 Å². The average Bonchev–Trinajstić information content (AvgIpc) is 3.23. The van der Waals surface area contributed by atoms with Crippen LogP contribution in [-0.2, 0) is 6.18 Å². The number of rotatable bonds is 2. The first-order valence-corrected chi connectivity index (χ1v) is 8.01. The van der Waals surface area contributed by atoms with Gasteiger partial charge < -0.3 is 0 Å². The van der Waals surface area contributed by atoms with E-state index in [1.54, 1.807) is 18.3 Å².